The van der Waals surface area contributed by atoms with Gasteiger partial charge in [-0.05, 0) is 58.2 Å². The predicted octanol–water partition coefficient (Wildman–Crippen LogP) is 3.00. The molecule has 2 heterocycles. The van der Waals surface area contributed by atoms with Gasteiger partial charge in [-0.25, -0.2) is 9.97 Å². The molecule has 2 N–H and O–H groups in total. The molecule has 5 nitrogen and oxygen atoms in total. The van der Waals surface area contributed by atoms with Crippen molar-refractivity contribution in [3.8, 4) is 0 Å². The Morgan fingerprint density at radius 3 is 2.71 bits per heavy atom. The lowest BCUT2D eigenvalue weighted by molar-refractivity contribution is 0.221. The van der Waals surface area contributed by atoms with Gasteiger partial charge in [0.1, 0.15) is 17.0 Å². The lowest BCUT2D eigenvalue weighted by atomic mass is 9.90. The minimum atomic E-state index is 0.223. The van der Waals surface area contributed by atoms with Gasteiger partial charge < -0.3 is 15.3 Å². The Morgan fingerprint density at radius 1 is 1.21 bits per heavy atom. The van der Waals surface area contributed by atoms with Gasteiger partial charge in [0, 0.05) is 22.9 Å². The van der Waals surface area contributed by atoms with Crippen LogP contribution < -0.4 is 5.32 Å². The van der Waals surface area contributed by atoms with Gasteiger partial charge in [0.15, 0.2) is 0 Å². The maximum Gasteiger partial charge on any atom is 0.138 e. The molecule has 2 aromatic heterocycles. The summed E-state index contributed by atoms with van der Waals surface area (Å²) in [5, 5.41) is 14.6. The zero-order chi connectivity index (χ0) is 16.7. The highest BCUT2D eigenvalue weighted by atomic mass is 32.1. The zero-order valence-corrected chi connectivity index (χ0v) is 15.3. The van der Waals surface area contributed by atoms with Crippen molar-refractivity contribution in [1.29, 1.82) is 0 Å². The molecular weight excluding hydrogens is 320 g/mol. The summed E-state index contributed by atoms with van der Waals surface area (Å²) in [6, 6.07) is 1.20. The van der Waals surface area contributed by atoms with Crippen molar-refractivity contribution in [1.82, 2.24) is 14.9 Å². The van der Waals surface area contributed by atoms with E-state index < -0.39 is 0 Å². The Morgan fingerprint density at radius 2 is 2.00 bits per heavy atom. The molecule has 2 aromatic rings. The number of hydrogen-bond donors (Lipinski definition) is 2. The van der Waals surface area contributed by atoms with Crippen molar-refractivity contribution in [2.24, 2.45) is 0 Å². The number of aliphatic hydroxyl groups excluding tert-OH is 1. The molecule has 6 heteroatoms. The number of rotatable bonds is 4. The maximum absolute atomic E-state index is 9.72. The molecule has 130 valence electrons. The van der Waals surface area contributed by atoms with Crippen molar-refractivity contribution in [3.63, 3.8) is 0 Å². The number of thiophene rings is 1. The highest BCUT2D eigenvalue weighted by Crippen LogP contribution is 2.45. The van der Waals surface area contributed by atoms with Crippen molar-refractivity contribution in [2.45, 2.75) is 56.5 Å². The smallest absolute Gasteiger partial charge is 0.138 e. The van der Waals surface area contributed by atoms with Gasteiger partial charge in [0.2, 0.25) is 0 Å². The Bertz CT molecular complexity index is 721. The molecular formula is C18H26N4OS. The summed E-state index contributed by atoms with van der Waals surface area (Å²) < 4.78 is 0. The second kappa shape index (κ2) is 6.58. The third-order valence-electron chi connectivity index (χ3n) is 5.72. The molecule has 0 bridgehead atoms. The zero-order valence-electron chi connectivity index (χ0n) is 14.5. The summed E-state index contributed by atoms with van der Waals surface area (Å²) in [6.45, 7) is 0.223. The summed E-state index contributed by atoms with van der Waals surface area (Å²) in [7, 11) is 4.35. The van der Waals surface area contributed by atoms with Crippen LogP contribution in [0.15, 0.2) is 6.33 Å². The average Bonchev–Trinajstić information content (AvgIpc) is 3.14. The molecule has 0 radical (unpaired) electrons. The van der Waals surface area contributed by atoms with E-state index in [-0.39, 0.29) is 12.5 Å². The number of fused-ring (bicyclic) bond motifs is 3. The molecule has 1 saturated carbocycles. The Balaban J connectivity index is 1.59. The summed E-state index contributed by atoms with van der Waals surface area (Å²) in [5.74, 6) is 1.23. The predicted molar refractivity (Wildman–Crippen MR) is 98.9 cm³/mol. The normalized spacial score (nSPS) is 26.9. The van der Waals surface area contributed by atoms with Crippen LogP contribution in [0.3, 0.4) is 0 Å². The van der Waals surface area contributed by atoms with E-state index in [0.29, 0.717) is 12.1 Å². The van der Waals surface area contributed by atoms with Crippen LogP contribution in [-0.4, -0.2) is 52.8 Å². The summed E-state index contributed by atoms with van der Waals surface area (Å²) >= 11 is 1.78. The van der Waals surface area contributed by atoms with Crippen LogP contribution in [0.2, 0.25) is 0 Å². The fraction of sp³-hybridized carbons (Fsp3) is 0.667. The fourth-order valence-electron chi connectivity index (χ4n) is 4.29. The highest BCUT2D eigenvalue weighted by molar-refractivity contribution is 7.19. The van der Waals surface area contributed by atoms with E-state index in [9.17, 15) is 5.11 Å². The molecule has 0 amide bonds. The van der Waals surface area contributed by atoms with Crippen LogP contribution in [-0.2, 0) is 6.42 Å². The second-order valence-electron chi connectivity index (χ2n) is 7.37. The number of aryl methyl sites for hydroxylation is 1. The summed E-state index contributed by atoms with van der Waals surface area (Å²) in [5.41, 5.74) is 1.31. The number of nitrogens with one attached hydrogen (secondary N) is 1. The lowest BCUT2D eigenvalue weighted by Gasteiger charge is -2.33. The minimum absolute atomic E-state index is 0.223. The first-order valence-corrected chi connectivity index (χ1v) is 9.79. The van der Waals surface area contributed by atoms with Crippen LogP contribution in [0.5, 0.6) is 0 Å². The number of aliphatic hydroxyl groups is 1. The van der Waals surface area contributed by atoms with E-state index in [1.54, 1.807) is 17.7 Å². The van der Waals surface area contributed by atoms with Crippen LogP contribution in [0.1, 0.15) is 48.5 Å². The van der Waals surface area contributed by atoms with Gasteiger partial charge in [-0.15, -0.1) is 11.3 Å². The van der Waals surface area contributed by atoms with Crippen molar-refractivity contribution in [3.05, 3.63) is 16.8 Å². The first-order valence-electron chi connectivity index (χ1n) is 8.97. The monoisotopic (exact) mass is 346 g/mol. The Kier molecular flexibility index (Phi) is 4.45. The molecule has 4 rings (SSSR count). The van der Waals surface area contributed by atoms with Crippen LogP contribution in [0.4, 0.5) is 5.82 Å². The number of aromatic nitrogens is 2. The molecule has 2 aliphatic rings. The van der Waals surface area contributed by atoms with Gasteiger partial charge in [-0.1, -0.05) is 0 Å². The third kappa shape index (κ3) is 2.80. The van der Waals surface area contributed by atoms with Gasteiger partial charge >= 0.3 is 0 Å². The number of anilines is 1. The van der Waals surface area contributed by atoms with Gasteiger partial charge in [-0.3, -0.25) is 0 Å². The lowest BCUT2D eigenvalue weighted by Crippen LogP contribution is -2.36. The molecule has 24 heavy (non-hydrogen) atoms. The molecule has 0 aliphatic heterocycles. The largest absolute Gasteiger partial charge is 0.396 e. The quantitative estimate of drug-likeness (QED) is 0.891. The highest BCUT2D eigenvalue weighted by Gasteiger charge is 2.30. The molecule has 0 saturated heterocycles. The first kappa shape index (κ1) is 16.2. The van der Waals surface area contributed by atoms with Crippen LogP contribution >= 0.6 is 11.3 Å². The molecule has 0 aromatic carbocycles. The van der Waals surface area contributed by atoms with E-state index >= 15 is 0 Å². The first-order chi connectivity index (χ1) is 11.7. The summed E-state index contributed by atoms with van der Waals surface area (Å²) in [6.07, 6.45) is 8.63. The minimum Gasteiger partial charge on any atom is -0.396 e. The van der Waals surface area contributed by atoms with E-state index in [2.05, 4.69) is 34.3 Å². The SMILES string of the molecule is CN(C)[C@H]1CC[C@H](Nc2ncnc3sc4c(c23)C(CO)CC4)CC1. The maximum atomic E-state index is 9.72. The number of nitrogens with zero attached hydrogens (tertiary/aromatic N) is 3. The number of hydrogen-bond acceptors (Lipinski definition) is 6. The molecule has 1 unspecified atom stereocenters. The Labute approximate surface area is 147 Å². The fourth-order valence-corrected chi connectivity index (χ4v) is 5.53. The molecule has 0 spiro atoms. The Hall–Kier alpha value is -1.24. The van der Waals surface area contributed by atoms with Crippen molar-refractivity contribution < 1.29 is 5.11 Å². The van der Waals surface area contributed by atoms with Crippen LogP contribution in [0.25, 0.3) is 10.2 Å². The van der Waals surface area contributed by atoms with Crippen LogP contribution in [0, 0.1) is 0 Å². The van der Waals surface area contributed by atoms with Gasteiger partial charge in [-0.2, -0.15) is 0 Å². The van der Waals surface area contributed by atoms with Gasteiger partial charge in [0.25, 0.3) is 0 Å². The van der Waals surface area contributed by atoms with Crippen molar-refractivity contribution >= 4 is 27.4 Å². The van der Waals surface area contributed by atoms with E-state index in [0.717, 1.165) is 23.5 Å². The third-order valence-corrected chi connectivity index (χ3v) is 6.89. The standard InChI is InChI=1S/C18H26N4OS/c1-22(2)13-6-4-12(5-7-13)21-17-16-15-11(9-23)3-8-14(15)24-18(16)20-10-19-17/h10-13,23H,3-9H2,1-2H3,(H,19,20,21)/t11?,12-,13-. The van der Waals surface area contributed by atoms with E-state index in [1.165, 1.54) is 41.5 Å². The van der Waals surface area contributed by atoms with E-state index in [1.807, 2.05) is 0 Å². The molecule has 1 atom stereocenters. The van der Waals surface area contributed by atoms with Crippen molar-refractivity contribution in [2.75, 3.05) is 26.0 Å². The van der Waals surface area contributed by atoms with Gasteiger partial charge in [0.05, 0.1) is 12.0 Å². The van der Waals surface area contributed by atoms with E-state index in [4.69, 9.17) is 0 Å². The molecule has 1 fully saturated rings. The average molecular weight is 347 g/mol. The topological polar surface area (TPSA) is 61.3 Å². The molecule has 2 aliphatic carbocycles. The summed E-state index contributed by atoms with van der Waals surface area (Å²) in [4.78, 5) is 13.9. The second-order valence-corrected chi connectivity index (χ2v) is 8.46.